The minimum atomic E-state index is -1.33. The van der Waals surface area contributed by atoms with Crippen LogP contribution in [0.4, 0.5) is 10.5 Å². The predicted octanol–water partition coefficient (Wildman–Crippen LogP) is 0.262. The highest BCUT2D eigenvalue weighted by Gasteiger charge is 2.18. The van der Waals surface area contributed by atoms with Gasteiger partial charge in [-0.2, -0.15) is 0 Å². The predicted molar refractivity (Wildman–Crippen MR) is 63.7 cm³/mol. The number of carbonyl (C=O) groups is 2. The van der Waals surface area contributed by atoms with Crippen molar-refractivity contribution in [3.8, 4) is 5.75 Å². The summed E-state index contributed by atoms with van der Waals surface area (Å²) in [5.74, 6) is -0.665. The molecule has 7 nitrogen and oxygen atoms in total. The number of hydrogen-bond donors (Lipinski definition) is 4. The number of aliphatic hydroxyl groups excluding tert-OH is 1. The fraction of sp³-hybridized carbons (Fsp3) is 0.273. The van der Waals surface area contributed by atoms with Gasteiger partial charge >= 0.3 is 12.0 Å². The number of carbonyl (C=O) groups excluding carboxylic acids is 1. The molecule has 2 amide bonds. The summed E-state index contributed by atoms with van der Waals surface area (Å²) in [6, 6.07) is 4.47. The van der Waals surface area contributed by atoms with Crippen LogP contribution in [0, 0.1) is 0 Å². The van der Waals surface area contributed by atoms with Gasteiger partial charge < -0.3 is 25.6 Å². The van der Waals surface area contributed by atoms with Gasteiger partial charge in [0.25, 0.3) is 0 Å². The average Bonchev–Trinajstić information content (AvgIpc) is 2.36. The molecule has 0 aromatic heterocycles. The van der Waals surface area contributed by atoms with Crippen molar-refractivity contribution in [2.75, 3.05) is 19.0 Å². The summed E-state index contributed by atoms with van der Waals surface area (Å²) < 4.78 is 4.95. The second kappa shape index (κ2) is 6.45. The number of carboxylic acid groups (broad SMARTS) is 1. The SMILES string of the molecule is COc1ccc(NC(=O)N[C@H](CO)C(=O)O)cc1. The first-order chi connectivity index (χ1) is 8.56. The van der Waals surface area contributed by atoms with Crippen molar-refractivity contribution in [2.24, 2.45) is 0 Å². The van der Waals surface area contributed by atoms with E-state index in [1.54, 1.807) is 24.3 Å². The van der Waals surface area contributed by atoms with Crippen molar-refractivity contribution < 1.29 is 24.5 Å². The Balaban J connectivity index is 2.55. The van der Waals surface area contributed by atoms with E-state index in [4.69, 9.17) is 14.9 Å². The molecule has 4 N–H and O–H groups in total. The van der Waals surface area contributed by atoms with E-state index in [0.29, 0.717) is 11.4 Å². The Hall–Kier alpha value is -2.28. The second-order valence-electron chi connectivity index (χ2n) is 3.40. The van der Waals surface area contributed by atoms with Crippen LogP contribution in [-0.2, 0) is 4.79 Å². The van der Waals surface area contributed by atoms with Crippen molar-refractivity contribution >= 4 is 17.7 Å². The molecule has 0 bridgehead atoms. The zero-order valence-corrected chi connectivity index (χ0v) is 9.71. The van der Waals surface area contributed by atoms with Crippen molar-refractivity contribution in [3.63, 3.8) is 0 Å². The molecular weight excluding hydrogens is 240 g/mol. The zero-order chi connectivity index (χ0) is 13.5. The fourth-order valence-electron chi connectivity index (χ4n) is 1.19. The maximum atomic E-state index is 11.4. The van der Waals surface area contributed by atoms with E-state index in [1.165, 1.54) is 7.11 Å². The molecule has 0 fully saturated rings. The standard InChI is InChI=1S/C11H14N2O5/c1-18-8-4-2-7(3-5-8)12-11(17)13-9(6-14)10(15)16/h2-5,9,14H,6H2,1H3,(H,15,16)(H2,12,13,17)/t9-/m1/s1. The maximum absolute atomic E-state index is 11.4. The van der Waals surface area contributed by atoms with Gasteiger partial charge in [0.15, 0.2) is 6.04 Å². The van der Waals surface area contributed by atoms with Crippen LogP contribution in [-0.4, -0.2) is 42.0 Å². The van der Waals surface area contributed by atoms with Crippen molar-refractivity contribution in [3.05, 3.63) is 24.3 Å². The van der Waals surface area contributed by atoms with Crippen LogP contribution in [0.15, 0.2) is 24.3 Å². The molecule has 1 aromatic rings. The lowest BCUT2D eigenvalue weighted by molar-refractivity contribution is -0.140. The van der Waals surface area contributed by atoms with Crippen molar-refractivity contribution in [1.82, 2.24) is 5.32 Å². The summed E-state index contributed by atoms with van der Waals surface area (Å²) in [4.78, 5) is 22.0. The van der Waals surface area contributed by atoms with Crippen LogP contribution in [0.1, 0.15) is 0 Å². The molecule has 0 unspecified atom stereocenters. The Morgan fingerprint density at radius 2 is 1.94 bits per heavy atom. The fourth-order valence-corrected chi connectivity index (χ4v) is 1.19. The van der Waals surface area contributed by atoms with Crippen LogP contribution in [0.3, 0.4) is 0 Å². The minimum Gasteiger partial charge on any atom is -0.497 e. The molecule has 0 aliphatic rings. The van der Waals surface area contributed by atoms with Gasteiger partial charge in [-0.1, -0.05) is 0 Å². The molecule has 18 heavy (non-hydrogen) atoms. The van der Waals surface area contributed by atoms with Crippen LogP contribution >= 0.6 is 0 Å². The third-order valence-electron chi connectivity index (χ3n) is 2.13. The van der Waals surface area contributed by atoms with E-state index in [-0.39, 0.29) is 0 Å². The lowest BCUT2D eigenvalue weighted by Crippen LogP contribution is -2.45. The quantitative estimate of drug-likeness (QED) is 0.603. The molecule has 0 aliphatic heterocycles. The summed E-state index contributed by atoms with van der Waals surface area (Å²) in [5, 5.41) is 21.9. The number of hydrogen-bond acceptors (Lipinski definition) is 4. The van der Waals surface area contributed by atoms with Gasteiger partial charge in [-0.15, -0.1) is 0 Å². The average molecular weight is 254 g/mol. The lowest BCUT2D eigenvalue weighted by Gasteiger charge is -2.12. The highest BCUT2D eigenvalue weighted by Crippen LogP contribution is 2.14. The van der Waals surface area contributed by atoms with E-state index in [2.05, 4.69) is 10.6 Å². The molecule has 7 heteroatoms. The number of ether oxygens (including phenoxy) is 1. The number of benzene rings is 1. The summed E-state index contributed by atoms with van der Waals surface area (Å²) in [7, 11) is 1.52. The number of rotatable bonds is 5. The van der Waals surface area contributed by atoms with Gasteiger partial charge in [0.2, 0.25) is 0 Å². The normalized spacial score (nSPS) is 11.4. The van der Waals surface area contributed by atoms with Gasteiger partial charge in [0.05, 0.1) is 13.7 Å². The third-order valence-corrected chi connectivity index (χ3v) is 2.13. The van der Waals surface area contributed by atoms with E-state index >= 15 is 0 Å². The summed E-state index contributed by atoms with van der Waals surface area (Å²) in [6.45, 7) is -0.675. The third kappa shape index (κ3) is 3.95. The van der Waals surface area contributed by atoms with Crippen LogP contribution in [0.2, 0.25) is 0 Å². The van der Waals surface area contributed by atoms with Crippen LogP contribution < -0.4 is 15.4 Å². The van der Waals surface area contributed by atoms with Crippen molar-refractivity contribution in [1.29, 1.82) is 0 Å². The molecule has 0 heterocycles. The van der Waals surface area contributed by atoms with E-state index < -0.39 is 24.6 Å². The molecule has 0 saturated heterocycles. The number of urea groups is 1. The molecule has 0 radical (unpaired) electrons. The zero-order valence-electron chi connectivity index (χ0n) is 9.71. The van der Waals surface area contributed by atoms with Gasteiger partial charge in [0.1, 0.15) is 5.75 Å². The van der Waals surface area contributed by atoms with E-state index in [0.717, 1.165) is 0 Å². The molecule has 98 valence electrons. The minimum absolute atomic E-state index is 0.482. The van der Waals surface area contributed by atoms with Crippen molar-refractivity contribution in [2.45, 2.75) is 6.04 Å². The number of anilines is 1. The number of nitrogens with one attached hydrogen (secondary N) is 2. The smallest absolute Gasteiger partial charge is 0.328 e. The van der Waals surface area contributed by atoms with E-state index in [9.17, 15) is 9.59 Å². The first-order valence-electron chi connectivity index (χ1n) is 5.12. The van der Waals surface area contributed by atoms with Gasteiger partial charge in [-0.3, -0.25) is 0 Å². The van der Waals surface area contributed by atoms with Crippen LogP contribution in [0.25, 0.3) is 0 Å². The Bertz CT molecular complexity index is 418. The Morgan fingerprint density at radius 3 is 2.39 bits per heavy atom. The monoisotopic (exact) mass is 254 g/mol. The first-order valence-corrected chi connectivity index (χ1v) is 5.12. The number of aliphatic carboxylic acids is 1. The molecule has 1 rings (SSSR count). The van der Waals surface area contributed by atoms with Gasteiger partial charge in [0, 0.05) is 5.69 Å². The number of methoxy groups -OCH3 is 1. The topological polar surface area (TPSA) is 108 Å². The van der Waals surface area contributed by atoms with Crippen LogP contribution in [0.5, 0.6) is 5.75 Å². The summed E-state index contributed by atoms with van der Waals surface area (Å²) in [6.07, 6.45) is 0. The summed E-state index contributed by atoms with van der Waals surface area (Å²) in [5.41, 5.74) is 0.482. The van der Waals surface area contributed by atoms with Gasteiger partial charge in [-0.25, -0.2) is 9.59 Å². The molecular formula is C11H14N2O5. The maximum Gasteiger partial charge on any atom is 0.328 e. The first kappa shape index (κ1) is 13.8. The number of carboxylic acids is 1. The number of amides is 2. The largest absolute Gasteiger partial charge is 0.497 e. The van der Waals surface area contributed by atoms with E-state index in [1.807, 2.05) is 0 Å². The van der Waals surface area contributed by atoms with Gasteiger partial charge in [-0.05, 0) is 24.3 Å². The highest BCUT2D eigenvalue weighted by atomic mass is 16.5. The Kier molecular flexibility index (Phi) is 4.94. The molecule has 0 spiro atoms. The Morgan fingerprint density at radius 1 is 1.33 bits per heavy atom. The number of aliphatic hydroxyl groups is 1. The summed E-state index contributed by atoms with van der Waals surface area (Å²) >= 11 is 0. The molecule has 0 aliphatic carbocycles. The molecule has 0 saturated carbocycles. The highest BCUT2D eigenvalue weighted by molar-refractivity contribution is 5.92. The Labute approximate surface area is 103 Å². The second-order valence-corrected chi connectivity index (χ2v) is 3.40. The molecule has 1 atom stereocenters. The molecule has 1 aromatic carbocycles. The lowest BCUT2D eigenvalue weighted by atomic mass is 10.3.